The van der Waals surface area contributed by atoms with E-state index in [0.717, 1.165) is 49.1 Å². The molecule has 4 nitrogen and oxygen atoms in total. The fourth-order valence-corrected chi connectivity index (χ4v) is 4.21. The summed E-state index contributed by atoms with van der Waals surface area (Å²) in [7, 11) is 0. The average molecular weight is 384 g/mol. The van der Waals surface area contributed by atoms with E-state index >= 15 is 0 Å². The van der Waals surface area contributed by atoms with Gasteiger partial charge in [-0.15, -0.1) is 11.8 Å². The molecule has 2 aromatic rings. The molecule has 0 fully saturated rings. The Kier molecular flexibility index (Phi) is 5.72. The topological polar surface area (TPSA) is 55.1 Å². The summed E-state index contributed by atoms with van der Waals surface area (Å²) >= 11 is 1.29. The minimum absolute atomic E-state index is 0.134. The molecule has 0 aliphatic heterocycles. The highest BCUT2D eigenvalue weighted by atomic mass is 32.2. The minimum atomic E-state index is -4.37. The number of aliphatic hydroxyl groups is 1. The van der Waals surface area contributed by atoms with Crippen molar-refractivity contribution < 1.29 is 18.3 Å². The molecule has 0 spiro atoms. The maximum absolute atomic E-state index is 12.8. The maximum atomic E-state index is 12.8. The molecule has 0 bridgehead atoms. The summed E-state index contributed by atoms with van der Waals surface area (Å²) in [5.74, 6) is 0.312. The molecule has 26 heavy (non-hydrogen) atoms. The molecule has 0 radical (unpaired) electrons. The third-order valence-electron chi connectivity index (χ3n) is 4.40. The number of nitrogens with zero attached hydrogens (tertiary/aromatic N) is 2. The fraction of sp³-hybridized carbons (Fsp3) is 0.444. The van der Waals surface area contributed by atoms with E-state index in [0.29, 0.717) is 16.3 Å². The summed E-state index contributed by atoms with van der Waals surface area (Å²) in [5, 5.41) is 9.77. The van der Waals surface area contributed by atoms with Crippen LogP contribution in [0, 0.1) is 0 Å². The van der Waals surface area contributed by atoms with E-state index in [2.05, 4.69) is 4.98 Å². The van der Waals surface area contributed by atoms with Crippen molar-refractivity contribution in [3.8, 4) is 0 Å². The number of thioether (sulfide) groups is 1. The number of aliphatic hydroxyl groups excluding tert-OH is 1. The lowest BCUT2D eigenvalue weighted by molar-refractivity contribution is -0.137. The predicted octanol–water partition coefficient (Wildman–Crippen LogP) is 3.43. The van der Waals surface area contributed by atoms with Gasteiger partial charge in [-0.1, -0.05) is 18.2 Å². The first-order valence-electron chi connectivity index (χ1n) is 8.42. The molecule has 1 N–H and O–H groups in total. The van der Waals surface area contributed by atoms with Gasteiger partial charge >= 0.3 is 11.9 Å². The van der Waals surface area contributed by atoms with Gasteiger partial charge in [0.1, 0.15) is 5.03 Å². The van der Waals surface area contributed by atoms with Gasteiger partial charge in [0.25, 0.3) is 0 Å². The highest BCUT2D eigenvalue weighted by Crippen LogP contribution is 2.33. The Bertz CT molecular complexity index is 849. The first-order valence-corrected chi connectivity index (χ1v) is 9.41. The van der Waals surface area contributed by atoms with E-state index in [1.54, 1.807) is 6.07 Å². The molecular formula is C18H19F3N2O2S. The van der Waals surface area contributed by atoms with Crippen molar-refractivity contribution in [3.63, 3.8) is 0 Å². The second kappa shape index (κ2) is 7.84. The molecule has 8 heteroatoms. The van der Waals surface area contributed by atoms with Gasteiger partial charge in [0, 0.05) is 17.0 Å². The second-order valence-corrected chi connectivity index (χ2v) is 7.16. The van der Waals surface area contributed by atoms with Crippen LogP contribution >= 0.6 is 11.8 Å². The summed E-state index contributed by atoms with van der Waals surface area (Å²) in [5.41, 5.74) is 1.34. The lowest BCUT2D eigenvalue weighted by Gasteiger charge is -2.22. The number of hydrogen-bond donors (Lipinski definition) is 1. The molecule has 0 saturated carbocycles. The average Bonchev–Trinajstić information content (AvgIpc) is 2.62. The molecule has 1 aliphatic carbocycles. The summed E-state index contributed by atoms with van der Waals surface area (Å²) in [6.07, 6.45) is -0.866. The van der Waals surface area contributed by atoms with Crippen molar-refractivity contribution in [2.45, 2.75) is 49.2 Å². The molecule has 1 aromatic heterocycles. The van der Waals surface area contributed by atoms with Crippen LogP contribution in [0.25, 0.3) is 0 Å². The summed E-state index contributed by atoms with van der Waals surface area (Å²) in [6, 6.07) is 5.21. The smallest absolute Gasteiger partial charge is 0.395 e. The number of aromatic nitrogens is 2. The maximum Gasteiger partial charge on any atom is 0.416 e. The summed E-state index contributed by atoms with van der Waals surface area (Å²) in [6.45, 7) is 0.0808. The van der Waals surface area contributed by atoms with Crippen LogP contribution in [0.1, 0.15) is 35.2 Å². The van der Waals surface area contributed by atoms with E-state index < -0.39 is 17.4 Å². The second-order valence-electron chi connectivity index (χ2n) is 6.19. The third-order valence-corrected chi connectivity index (χ3v) is 5.49. The molecule has 0 atom stereocenters. The molecule has 0 amide bonds. The van der Waals surface area contributed by atoms with E-state index in [1.807, 2.05) is 0 Å². The van der Waals surface area contributed by atoms with Crippen LogP contribution in [-0.2, 0) is 31.3 Å². The van der Waals surface area contributed by atoms with E-state index in [-0.39, 0.29) is 13.2 Å². The first kappa shape index (κ1) is 19.0. The summed E-state index contributed by atoms with van der Waals surface area (Å²) < 4.78 is 40.0. The highest BCUT2D eigenvalue weighted by molar-refractivity contribution is 7.98. The van der Waals surface area contributed by atoms with Gasteiger partial charge in [-0.05, 0) is 37.3 Å². The summed E-state index contributed by atoms with van der Waals surface area (Å²) in [4.78, 5) is 16.4. The molecule has 0 saturated heterocycles. The zero-order chi connectivity index (χ0) is 18.7. The Morgan fingerprint density at radius 1 is 1.23 bits per heavy atom. The Labute approximate surface area is 153 Å². The van der Waals surface area contributed by atoms with Crippen molar-refractivity contribution in [1.29, 1.82) is 0 Å². The zero-order valence-electron chi connectivity index (χ0n) is 14.1. The van der Waals surface area contributed by atoms with Crippen LogP contribution in [-0.4, -0.2) is 21.3 Å². The van der Waals surface area contributed by atoms with Gasteiger partial charge in [0.05, 0.1) is 18.7 Å². The van der Waals surface area contributed by atoms with Crippen LogP contribution in [0.15, 0.2) is 34.1 Å². The lowest BCUT2D eigenvalue weighted by Crippen LogP contribution is -2.31. The molecule has 140 valence electrons. The minimum Gasteiger partial charge on any atom is -0.395 e. The fourth-order valence-electron chi connectivity index (χ4n) is 3.19. The number of fused-ring (bicyclic) bond motifs is 1. The van der Waals surface area contributed by atoms with E-state index in [4.69, 9.17) is 0 Å². The highest BCUT2D eigenvalue weighted by Gasteiger charge is 2.30. The van der Waals surface area contributed by atoms with E-state index in [9.17, 15) is 23.1 Å². The van der Waals surface area contributed by atoms with E-state index in [1.165, 1.54) is 22.4 Å². The number of alkyl halides is 3. The largest absolute Gasteiger partial charge is 0.416 e. The van der Waals surface area contributed by atoms with Gasteiger partial charge in [0.2, 0.25) is 0 Å². The molecule has 1 heterocycles. The van der Waals surface area contributed by atoms with Crippen molar-refractivity contribution in [2.24, 2.45) is 0 Å². The van der Waals surface area contributed by atoms with Crippen LogP contribution in [0.3, 0.4) is 0 Å². The Balaban J connectivity index is 1.87. The van der Waals surface area contributed by atoms with Gasteiger partial charge < -0.3 is 5.11 Å². The molecular weight excluding hydrogens is 365 g/mol. The van der Waals surface area contributed by atoms with Gasteiger partial charge in [-0.2, -0.15) is 18.2 Å². The Hall–Kier alpha value is -1.80. The van der Waals surface area contributed by atoms with Gasteiger partial charge in [0.15, 0.2) is 0 Å². The molecule has 3 rings (SSSR count). The van der Waals surface area contributed by atoms with Crippen LogP contribution in [0.5, 0.6) is 0 Å². The lowest BCUT2D eigenvalue weighted by atomic mass is 9.97. The number of halogens is 3. The van der Waals surface area contributed by atoms with Crippen LogP contribution in [0.2, 0.25) is 0 Å². The molecule has 1 aromatic carbocycles. The quantitative estimate of drug-likeness (QED) is 0.634. The van der Waals surface area contributed by atoms with Crippen molar-refractivity contribution in [1.82, 2.24) is 9.55 Å². The van der Waals surface area contributed by atoms with Crippen LogP contribution < -0.4 is 5.69 Å². The monoisotopic (exact) mass is 384 g/mol. The van der Waals surface area contributed by atoms with Crippen molar-refractivity contribution in [3.05, 3.63) is 57.1 Å². The normalized spacial score (nSPS) is 14.3. The van der Waals surface area contributed by atoms with Crippen LogP contribution in [0.4, 0.5) is 13.2 Å². The standard InChI is InChI=1S/C18H19F3N2O2S/c19-18(20,21)13-5-3-4-12(10-13)11-26-16-14-6-1-2-7-15(14)23(8-9-24)17(25)22-16/h3-5,10,24H,1-2,6-9,11H2. The van der Waals surface area contributed by atoms with Gasteiger partial charge in [-0.3, -0.25) is 4.57 Å². The zero-order valence-corrected chi connectivity index (χ0v) is 14.9. The SMILES string of the molecule is O=c1nc(SCc2cccc(C(F)(F)F)c2)c2c(n1CCO)CCCC2. The number of hydrogen-bond acceptors (Lipinski definition) is 4. The first-order chi connectivity index (χ1) is 12.4. The molecule has 1 aliphatic rings. The van der Waals surface area contributed by atoms with Crippen molar-refractivity contribution >= 4 is 11.8 Å². The molecule has 0 unspecified atom stereocenters. The number of benzene rings is 1. The predicted molar refractivity (Wildman–Crippen MR) is 93.2 cm³/mol. The Morgan fingerprint density at radius 3 is 2.73 bits per heavy atom. The number of rotatable bonds is 5. The Morgan fingerprint density at radius 2 is 2.00 bits per heavy atom. The van der Waals surface area contributed by atoms with Crippen molar-refractivity contribution in [2.75, 3.05) is 6.61 Å². The van der Waals surface area contributed by atoms with Gasteiger partial charge in [-0.25, -0.2) is 4.79 Å². The third kappa shape index (κ3) is 4.12.